The maximum Gasteiger partial charge on any atom is 0.344 e. The summed E-state index contributed by atoms with van der Waals surface area (Å²) < 4.78 is 103. The number of carbonyl (C=O) groups excluding carboxylic acids is 2. The zero-order chi connectivity index (χ0) is 40.9. The summed E-state index contributed by atoms with van der Waals surface area (Å²) in [7, 11) is -15.0. The summed E-state index contributed by atoms with van der Waals surface area (Å²) in [5.74, 6) is -4.17. The Balaban J connectivity index is 1.58. The van der Waals surface area contributed by atoms with Gasteiger partial charge < -0.3 is 20.1 Å². The third-order valence-electron chi connectivity index (χ3n) is 8.56. The molecule has 6 rings (SSSR count). The summed E-state index contributed by atoms with van der Waals surface area (Å²) >= 11 is 0. The molecule has 56 heavy (non-hydrogen) atoms. The number of anilines is 2. The fourth-order valence-electron chi connectivity index (χ4n) is 6.15. The van der Waals surface area contributed by atoms with E-state index in [4.69, 9.17) is 9.84 Å². The van der Waals surface area contributed by atoms with Crippen molar-refractivity contribution in [1.82, 2.24) is 4.98 Å². The van der Waals surface area contributed by atoms with Gasteiger partial charge in [-0.25, -0.2) is 13.2 Å². The number of nitro benzene ring substituents is 1. The number of fused-ring (bicyclic) bond motifs is 2. The first-order chi connectivity index (χ1) is 26.2. The number of nitrogens with zero attached hydrogens (tertiary/aromatic N) is 1. The summed E-state index contributed by atoms with van der Waals surface area (Å²) in [5, 5.41) is 22.2. The first kappa shape index (κ1) is 39.4. The molecule has 4 aromatic carbocycles. The van der Waals surface area contributed by atoms with E-state index in [2.05, 4.69) is 10.3 Å². The number of carboxylic acid groups (broad SMARTS) is 1. The number of aromatic amines is 1. The third kappa shape index (κ3) is 7.50. The van der Waals surface area contributed by atoms with E-state index in [-0.39, 0.29) is 34.4 Å². The van der Waals surface area contributed by atoms with Crippen molar-refractivity contribution >= 4 is 75.8 Å². The van der Waals surface area contributed by atoms with Gasteiger partial charge in [0.1, 0.15) is 22.0 Å². The van der Waals surface area contributed by atoms with Crippen molar-refractivity contribution in [2.45, 2.75) is 34.1 Å². The SMILES string of the molecule is O=C(O)CCCS(=O)(=O)c1ccc(Nc2cc(S(=O)(=O)O)c3[nH]c(=O)c(C(=O)OCc4cccc([N+](=O)[O-])c4)c4c3c2C(=O)c2ccccc2-4)c(S(=O)(=O)O)c1. The van der Waals surface area contributed by atoms with Gasteiger partial charge in [0.15, 0.2) is 15.6 Å². The van der Waals surface area contributed by atoms with Crippen LogP contribution >= 0.6 is 0 Å². The van der Waals surface area contributed by atoms with Gasteiger partial charge in [0.2, 0.25) is 0 Å². The number of esters is 1. The Morgan fingerprint density at radius 3 is 2.14 bits per heavy atom. The number of rotatable bonds is 13. The number of carbonyl (C=O) groups is 3. The van der Waals surface area contributed by atoms with Gasteiger partial charge in [-0.15, -0.1) is 0 Å². The molecule has 290 valence electrons. The number of hydrogen-bond acceptors (Lipinski definition) is 14. The number of hydrogen-bond donors (Lipinski definition) is 5. The van der Waals surface area contributed by atoms with Crippen molar-refractivity contribution in [3.05, 3.63) is 116 Å². The van der Waals surface area contributed by atoms with Crippen LogP contribution in [0.3, 0.4) is 0 Å². The van der Waals surface area contributed by atoms with Crippen LogP contribution < -0.4 is 10.9 Å². The van der Waals surface area contributed by atoms with Crippen molar-refractivity contribution in [2.75, 3.05) is 11.1 Å². The maximum atomic E-state index is 14.2. The van der Waals surface area contributed by atoms with Crippen LogP contribution in [-0.2, 0) is 46.2 Å². The Morgan fingerprint density at radius 2 is 1.50 bits per heavy atom. The molecule has 5 N–H and O–H groups in total. The molecule has 0 fully saturated rings. The summed E-state index contributed by atoms with van der Waals surface area (Å²) in [4.78, 5) is 62.5. The monoisotopic (exact) mass is 827 g/mol. The normalized spacial score (nSPS) is 12.6. The Hall–Kier alpha value is -6.33. The molecular formula is C34H25N3O16S3. The van der Waals surface area contributed by atoms with Crippen LogP contribution in [0.15, 0.2) is 92.3 Å². The van der Waals surface area contributed by atoms with Crippen molar-refractivity contribution < 1.29 is 63.5 Å². The average Bonchev–Trinajstić information content (AvgIpc) is 3.11. The van der Waals surface area contributed by atoms with Gasteiger partial charge in [0, 0.05) is 35.1 Å². The van der Waals surface area contributed by atoms with Gasteiger partial charge in [0.25, 0.3) is 31.5 Å². The van der Waals surface area contributed by atoms with Crippen LogP contribution in [0.1, 0.15) is 44.7 Å². The smallest absolute Gasteiger partial charge is 0.344 e. The van der Waals surface area contributed by atoms with Gasteiger partial charge in [-0.3, -0.25) is 33.6 Å². The number of ether oxygens (including phenoxy) is 1. The van der Waals surface area contributed by atoms with E-state index < -0.39 is 125 Å². The van der Waals surface area contributed by atoms with E-state index in [0.717, 1.165) is 18.2 Å². The number of nitro groups is 1. The molecule has 0 saturated carbocycles. The van der Waals surface area contributed by atoms with Gasteiger partial charge >= 0.3 is 11.9 Å². The molecule has 19 nitrogen and oxygen atoms in total. The van der Waals surface area contributed by atoms with Gasteiger partial charge in [-0.2, -0.15) is 16.8 Å². The molecule has 0 atom stereocenters. The van der Waals surface area contributed by atoms with Crippen molar-refractivity contribution in [2.24, 2.45) is 0 Å². The number of carboxylic acids is 1. The number of H-pyrrole nitrogens is 1. The number of pyridine rings is 1. The molecule has 0 amide bonds. The summed E-state index contributed by atoms with van der Waals surface area (Å²) in [6.45, 7) is -0.577. The summed E-state index contributed by atoms with van der Waals surface area (Å²) in [6, 6.07) is 13.5. The minimum absolute atomic E-state index is 0.0575. The van der Waals surface area contributed by atoms with Crippen LogP contribution in [0.4, 0.5) is 17.1 Å². The summed E-state index contributed by atoms with van der Waals surface area (Å²) in [6.07, 6.45) is -0.859. The van der Waals surface area contributed by atoms with Crippen LogP contribution in [-0.4, -0.2) is 72.8 Å². The Labute approximate surface area is 315 Å². The lowest BCUT2D eigenvalue weighted by molar-refractivity contribution is -0.384. The molecule has 0 unspecified atom stereocenters. The lowest BCUT2D eigenvalue weighted by Gasteiger charge is -2.25. The molecule has 5 aromatic rings. The fraction of sp³-hybridized carbons (Fsp3) is 0.118. The van der Waals surface area contributed by atoms with Crippen molar-refractivity contribution in [1.29, 1.82) is 0 Å². The number of aromatic nitrogens is 1. The van der Waals surface area contributed by atoms with E-state index in [1.807, 2.05) is 0 Å². The predicted molar refractivity (Wildman–Crippen MR) is 194 cm³/mol. The van der Waals surface area contributed by atoms with Crippen LogP contribution in [0.5, 0.6) is 0 Å². The molecule has 22 heteroatoms. The lowest BCUT2D eigenvalue weighted by atomic mass is 9.81. The fourth-order valence-corrected chi connectivity index (χ4v) is 8.91. The second kappa shape index (κ2) is 14.4. The Bertz CT molecular complexity index is 2960. The first-order valence-electron chi connectivity index (χ1n) is 15.8. The second-order valence-corrected chi connectivity index (χ2v) is 17.1. The van der Waals surface area contributed by atoms with Gasteiger partial charge in [0.05, 0.1) is 38.0 Å². The second-order valence-electron chi connectivity index (χ2n) is 12.2. The van der Waals surface area contributed by atoms with E-state index >= 15 is 0 Å². The van der Waals surface area contributed by atoms with E-state index in [1.54, 1.807) is 0 Å². The average molecular weight is 828 g/mol. The topological polar surface area (TPSA) is 312 Å². The highest BCUT2D eigenvalue weighted by molar-refractivity contribution is 7.91. The van der Waals surface area contributed by atoms with E-state index in [9.17, 15) is 63.7 Å². The van der Waals surface area contributed by atoms with E-state index in [0.29, 0.717) is 12.1 Å². The van der Waals surface area contributed by atoms with Crippen LogP contribution in [0.2, 0.25) is 0 Å². The number of non-ortho nitro benzene ring substituents is 1. The van der Waals surface area contributed by atoms with Gasteiger partial charge in [-0.05, 0) is 41.8 Å². The summed E-state index contributed by atoms with van der Waals surface area (Å²) in [5.41, 5.74) is -4.98. The minimum Gasteiger partial charge on any atom is -0.481 e. The highest BCUT2D eigenvalue weighted by atomic mass is 32.2. The molecule has 1 aliphatic rings. The molecule has 0 bridgehead atoms. The molecule has 1 aliphatic carbocycles. The largest absolute Gasteiger partial charge is 0.481 e. The van der Waals surface area contributed by atoms with Crippen LogP contribution in [0.25, 0.3) is 22.0 Å². The molecular weight excluding hydrogens is 803 g/mol. The number of sulfone groups is 1. The highest BCUT2D eigenvalue weighted by Crippen LogP contribution is 2.46. The Kier molecular flexibility index (Phi) is 10.1. The molecule has 1 heterocycles. The number of benzene rings is 4. The van der Waals surface area contributed by atoms with Crippen LogP contribution in [0, 0.1) is 10.1 Å². The molecule has 0 radical (unpaired) electrons. The molecule has 0 aliphatic heterocycles. The number of ketones is 1. The third-order valence-corrected chi connectivity index (χ3v) is 12.1. The quantitative estimate of drug-likeness (QED) is 0.0477. The van der Waals surface area contributed by atoms with Crippen molar-refractivity contribution in [3.8, 4) is 11.1 Å². The highest BCUT2D eigenvalue weighted by Gasteiger charge is 2.36. The van der Waals surface area contributed by atoms with Gasteiger partial charge in [-0.1, -0.05) is 36.4 Å². The zero-order valence-corrected chi connectivity index (χ0v) is 30.5. The molecule has 0 spiro atoms. The predicted octanol–water partition coefficient (Wildman–Crippen LogP) is 3.88. The molecule has 0 saturated heterocycles. The maximum absolute atomic E-state index is 14.2. The van der Waals surface area contributed by atoms with E-state index in [1.165, 1.54) is 42.5 Å². The zero-order valence-electron chi connectivity index (χ0n) is 28.1. The molecule has 1 aromatic heterocycles. The lowest BCUT2D eigenvalue weighted by Crippen LogP contribution is -2.26. The standard InChI is InChI=1S/C34H25N3O16S3/c38-26(39)9-4-12-54(45,46)19-10-11-22(24(14-19)55(47,48)49)35-23-15-25(56(50,51)52)31-29-27(20-7-1-2-8-21(20)32(40)28(23)29)30(33(41)36-31)34(42)53-16-17-5-3-6-18(13-17)37(43)44/h1-3,5-8,10-11,13-15,35H,4,9,12,16H2,(H,36,41)(H,38,39)(H,47,48,49)(H,50,51,52). The first-order valence-corrected chi connectivity index (χ1v) is 20.3. The number of nitrogens with one attached hydrogen (secondary N) is 2. The minimum atomic E-state index is -5.32. The number of aliphatic carboxylic acids is 1. The van der Waals surface area contributed by atoms with Crippen molar-refractivity contribution in [3.63, 3.8) is 0 Å². The Morgan fingerprint density at radius 1 is 0.821 bits per heavy atom.